The Morgan fingerprint density at radius 2 is 2.00 bits per heavy atom. The molecule has 2 atom stereocenters. The molecule has 3 aromatic rings. The molecule has 7 nitrogen and oxygen atoms in total. The minimum atomic E-state index is 0. The van der Waals surface area contributed by atoms with Crippen LogP contribution in [0.15, 0.2) is 22.7 Å². The first kappa shape index (κ1) is 23.3. The highest BCUT2D eigenvalue weighted by molar-refractivity contribution is 6.33. The van der Waals surface area contributed by atoms with Crippen molar-refractivity contribution in [1.29, 1.82) is 0 Å². The molecule has 1 saturated heterocycles. The number of hydrogen-bond acceptors (Lipinski definition) is 7. The smallest absolute Gasteiger partial charge is 0.163 e. The molecule has 3 N–H and O–H groups in total. The molecule has 9 heteroatoms. The third-order valence-electron chi connectivity index (χ3n) is 5.57. The van der Waals surface area contributed by atoms with Crippen LogP contribution in [0.25, 0.3) is 22.6 Å². The highest BCUT2D eigenvalue weighted by atomic mass is 35.5. The number of hydrogen-bond donors (Lipinski definition) is 3. The van der Waals surface area contributed by atoms with Gasteiger partial charge < -0.3 is 20.3 Å². The molecule has 1 aromatic carbocycles. The number of benzene rings is 1. The molecule has 0 radical (unpaired) electrons. The van der Waals surface area contributed by atoms with E-state index in [2.05, 4.69) is 22.7 Å². The Hall–Kier alpha value is -2.35. The molecule has 1 fully saturated rings. The van der Waals surface area contributed by atoms with Crippen molar-refractivity contribution >= 4 is 29.8 Å². The lowest BCUT2D eigenvalue weighted by molar-refractivity contribution is 0.393. The van der Waals surface area contributed by atoms with Crippen LogP contribution in [0.2, 0.25) is 5.02 Å². The molecule has 1 aliphatic rings. The van der Waals surface area contributed by atoms with Crippen LogP contribution in [0.3, 0.4) is 0 Å². The van der Waals surface area contributed by atoms with E-state index < -0.39 is 0 Å². The summed E-state index contributed by atoms with van der Waals surface area (Å²) in [5.41, 5.74) is 3.88. The zero-order chi connectivity index (χ0) is 21.4. The fraction of sp³-hybridized carbons (Fsp3) is 0.409. The quantitative estimate of drug-likeness (QED) is 0.497. The van der Waals surface area contributed by atoms with Crippen molar-refractivity contribution < 1.29 is 9.63 Å². The summed E-state index contributed by atoms with van der Waals surface area (Å²) in [5, 5.41) is 21.7. The van der Waals surface area contributed by atoms with Crippen molar-refractivity contribution in [3.63, 3.8) is 0 Å². The van der Waals surface area contributed by atoms with Crippen molar-refractivity contribution in [2.45, 2.75) is 52.6 Å². The summed E-state index contributed by atoms with van der Waals surface area (Å²) in [6.45, 7) is 8.93. The van der Waals surface area contributed by atoms with Crippen LogP contribution in [0.5, 0.6) is 5.75 Å². The highest BCUT2D eigenvalue weighted by Gasteiger charge is 2.24. The van der Waals surface area contributed by atoms with Gasteiger partial charge in [0.15, 0.2) is 5.82 Å². The lowest BCUT2D eigenvalue weighted by Crippen LogP contribution is -2.41. The number of halogens is 2. The van der Waals surface area contributed by atoms with Crippen molar-refractivity contribution in [2.24, 2.45) is 0 Å². The van der Waals surface area contributed by atoms with Crippen LogP contribution >= 0.6 is 24.0 Å². The van der Waals surface area contributed by atoms with Crippen molar-refractivity contribution in [3.8, 4) is 28.4 Å². The molecule has 0 spiro atoms. The van der Waals surface area contributed by atoms with Crippen LogP contribution in [0, 0.1) is 20.8 Å². The third kappa shape index (κ3) is 4.79. The van der Waals surface area contributed by atoms with Gasteiger partial charge in [-0.3, -0.25) is 0 Å². The minimum Gasteiger partial charge on any atom is -0.508 e. The number of piperidine rings is 1. The molecule has 3 heterocycles. The summed E-state index contributed by atoms with van der Waals surface area (Å²) in [7, 11) is 0. The number of phenolic OH excluding ortho intramolecular Hbond substituents is 1. The number of nitrogens with one attached hydrogen (secondary N) is 2. The van der Waals surface area contributed by atoms with Crippen LogP contribution < -0.4 is 10.6 Å². The monoisotopic (exact) mass is 463 g/mol. The average Bonchev–Trinajstić information content (AvgIpc) is 3.04. The maximum atomic E-state index is 9.99. The lowest BCUT2D eigenvalue weighted by atomic mass is 10.00. The second-order valence-electron chi connectivity index (χ2n) is 7.95. The van der Waals surface area contributed by atoms with Crippen molar-refractivity contribution in [3.05, 3.63) is 40.2 Å². The van der Waals surface area contributed by atoms with E-state index in [1.54, 1.807) is 18.2 Å². The summed E-state index contributed by atoms with van der Waals surface area (Å²) in [6.07, 6.45) is 2.02. The van der Waals surface area contributed by atoms with Gasteiger partial charge in [0.05, 0.1) is 22.0 Å². The summed E-state index contributed by atoms with van der Waals surface area (Å²) in [4.78, 5) is 9.62. The molecule has 1 aliphatic heterocycles. The van der Waals surface area contributed by atoms with Gasteiger partial charge in [0.25, 0.3) is 0 Å². The van der Waals surface area contributed by atoms with E-state index in [9.17, 15) is 5.11 Å². The molecular formula is C22H27Cl2N5O2. The Labute approximate surface area is 193 Å². The maximum absolute atomic E-state index is 9.99. The highest BCUT2D eigenvalue weighted by Crippen LogP contribution is 2.36. The molecule has 0 amide bonds. The molecule has 31 heavy (non-hydrogen) atoms. The molecule has 0 bridgehead atoms. The second-order valence-corrected chi connectivity index (χ2v) is 8.36. The summed E-state index contributed by atoms with van der Waals surface area (Å²) in [6, 6.07) is 5.53. The van der Waals surface area contributed by atoms with Crippen molar-refractivity contribution in [1.82, 2.24) is 20.4 Å². The van der Waals surface area contributed by atoms with E-state index in [0.29, 0.717) is 34.3 Å². The number of aryl methyl sites for hydroxylation is 2. The van der Waals surface area contributed by atoms with Crippen LogP contribution in [-0.4, -0.2) is 38.9 Å². The van der Waals surface area contributed by atoms with Gasteiger partial charge in [-0.05, 0) is 65.3 Å². The zero-order valence-corrected chi connectivity index (χ0v) is 19.6. The van der Waals surface area contributed by atoms with E-state index in [-0.39, 0.29) is 18.2 Å². The number of phenols is 1. The maximum Gasteiger partial charge on any atom is 0.163 e. The van der Waals surface area contributed by atoms with Gasteiger partial charge in [-0.2, -0.15) is 0 Å². The Bertz CT molecular complexity index is 1070. The van der Waals surface area contributed by atoms with E-state index >= 15 is 0 Å². The molecule has 4 rings (SSSR count). The topological polar surface area (TPSA) is 96.1 Å². The van der Waals surface area contributed by atoms with E-state index in [1.165, 1.54) is 0 Å². The molecular weight excluding hydrogens is 437 g/mol. The van der Waals surface area contributed by atoms with Gasteiger partial charge in [0, 0.05) is 23.2 Å². The predicted octanol–water partition coefficient (Wildman–Crippen LogP) is 5.06. The first-order valence-electron chi connectivity index (χ1n) is 10.1. The largest absolute Gasteiger partial charge is 0.508 e. The molecule has 0 aliphatic carbocycles. The Kier molecular flexibility index (Phi) is 7.09. The van der Waals surface area contributed by atoms with Crippen LogP contribution in [-0.2, 0) is 0 Å². The number of aromatic nitrogens is 3. The van der Waals surface area contributed by atoms with Gasteiger partial charge >= 0.3 is 0 Å². The fourth-order valence-electron chi connectivity index (χ4n) is 3.98. The molecule has 0 saturated carbocycles. The van der Waals surface area contributed by atoms with Crippen LogP contribution in [0.4, 0.5) is 5.82 Å². The zero-order valence-electron chi connectivity index (χ0n) is 18.0. The normalized spacial score (nSPS) is 18.5. The van der Waals surface area contributed by atoms with Crippen molar-refractivity contribution in [2.75, 3.05) is 11.9 Å². The lowest BCUT2D eigenvalue weighted by Gasteiger charge is -2.29. The average molecular weight is 464 g/mol. The predicted molar refractivity (Wildman–Crippen MR) is 125 cm³/mol. The number of aromatic hydroxyl groups is 1. The fourth-order valence-corrected chi connectivity index (χ4v) is 4.19. The molecule has 2 aromatic heterocycles. The van der Waals surface area contributed by atoms with Gasteiger partial charge in [-0.15, -0.1) is 12.4 Å². The van der Waals surface area contributed by atoms with Crippen LogP contribution in [0.1, 0.15) is 36.8 Å². The van der Waals surface area contributed by atoms with Gasteiger partial charge in [0.2, 0.25) is 0 Å². The molecule has 166 valence electrons. The standard InChI is InChI=1S/C22H26ClN5O2.ClH/c1-11-9-15(7-8-24-11)25-21-12(2)20(19-13(3)28-30-14(19)4)26-22(27-21)17-10-16(29)5-6-18(17)23;/h5-6,10-11,15,24,29H,7-9H2,1-4H3,(H,25,26,27);1H/t11-,15-;/m0./s1. The van der Waals surface area contributed by atoms with Gasteiger partial charge in [0.1, 0.15) is 17.3 Å². The molecule has 0 unspecified atom stereocenters. The first-order valence-corrected chi connectivity index (χ1v) is 10.5. The second kappa shape index (κ2) is 9.42. The van der Waals surface area contributed by atoms with E-state index in [0.717, 1.165) is 47.7 Å². The minimum absolute atomic E-state index is 0. The Balaban J connectivity index is 0.00000272. The Morgan fingerprint density at radius 3 is 2.68 bits per heavy atom. The summed E-state index contributed by atoms with van der Waals surface area (Å²) in [5.74, 6) is 2.01. The Morgan fingerprint density at radius 1 is 1.23 bits per heavy atom. The SMILES string of the molecule is Cc1noc(C)c1-c1nc(-c2cc(O)ccc2Cl)nc(N[C@H]2CCN[C@@H](C)C2)c1C.Cl. The van der Waals surface area contributed by atoms with E-state index in [4.69, 9.17) is 26.1 Å². The van der Waals surface area contributed by atoms with Gasteiger partial charge in [-0.1, -0.05) is 16.8 Å². The number of rotatable bonds is 4. The van der Waals surface area contributed by atoms with E-state index in [1.807, 2.05) is 20.8 Å². The van der Waals surface area contributed by atoms with Gasteiger partial charge in [-0.25, -0.2) is 9.97 Å². The number of anilines is 1. The summed E-state index contributed by atoms with van der Waals surface area (Å²) >= 11 is 6.42. The first-order chi connectivity index (χ1) is 14.3. The number of nitrogens with zero attached hydrogens (tertiary/aromatic N) is 3. The summed E-state index contributed by atoms with van der Waals surface area (Å²) < 4.78 is 5.39. The third-order valence-corrected chi connectivity index (χ3v) is 5.90.